The number of aromatic nitrogens is 2. The van der Waals surface area contributed by atoms with Gasteiger partial charge in [0.15, 0.2) is 0 Å². The number of piperidine rings is 1. The maximum Gasteiger partial charge on any atom is 0.350 e. The first kappa shape index (κ1) is 10.9. The Balaban J connectivity index is 2.10. The molecular weight excluding hydrogens is 212 g/mol. The fourth-order valence-corrected chi connectivity index (χ4v) is 1.74. The Morgan fingerprint density at radius 2 is 2.56 bits per heavy atom. The number of hydrogen-bond acceptors (Lipinski definition) is 5. The molecule has 2 rings (SSSR count). The van der Waals surface area contributed by atoms with E-state index in [4.69, 9.17) is 4.74 Å². The highest BCUT2D eigenvalue weighted by atomic mass is 16.6. The molecule has 1 fully saturated rings. The molecule has 0 aliphatic carbocycles. The summed E-state index contributed by atoms with van der Waals surface area (Å²) in [7, 11) is 1.64. The molecule has 0 amide bonds. The third-order valence-electron chi connectivity index (χ3n) is 2.50. The SMILES string of the molecule is Cn1cc([N+](=O)[O-])c(O[C@H]2CCCNC2)n1. The molecule has 1 aromatic heterocycles. The van der Waals surface area contributed by atoms with Gasteiger partial charge in [-0.3, -0.25) is 14.8 Å². The van der Waals surface area contributed by atoms with Gasteiger partial charge in [0.2, 0.25) is 0 Å². The van der Waals surface area contributed by atoms with E-state index >= 15 is 0 Å². The van der Waals surface area contributed by atoms with Gasteiger partial charge in [0.1, 0.15) is 12.3 Å². The van der Waals surface area contributed by atoms with Crippen LogP contribution in [0.15, 0.2) is 6.20 Å². The number of nitro groups is 1. The highest BCUT2D eigenvalue weighted by molar-refractivity contribution is 5.38. The topological polar surface area (TPSA) is 82.2 Å². The zero-order chi connectivity index (χ0) is 11.5. The van der Waals surface area contributed by atoms with Crippen molar-refractivity contribution in [3.8, 4) is 5.88 Å². The number of rotatable bonds is 3. The van der Waals surface area contributed by atoms with E-state index in [-0.39, 0.29) is 17.7 Å². The van der Waals surface area contributed by atoms with Crippen LogP contribution in [0, 0.1) is 10.1 Å². The fourth-order valence-electron chi connectivity index (χ4n) is 1.74. The largest absolute Gasteiger partial charge is 0.467 e. The summed E-state index contributed by atoms with van der Waals surface area (Å²) in [5, 5.41) is 17.9. The summed E-state index contributed by atoms with van der Waals surface area (Å²) in [6, 6.07) is 0. The van der Waals surface area contributed by atoms with Gasteiger partial charge >= 0.3 is 11.6 Å². The lowest BCUT2D eigenvalue weighted by atomic mass is 10.1. The maximum atomic E-state index is 10.7. The highest BCUT2D eigenvalue weighted by Crippen LogP contribution is 2.26. The molecule has 1 saturated heterocycles. The summed E-state index contributed by atoms with van der Waals surface area (Å²) in [5.41, 5.74) is -0.0759. The molecule has 0 bridgehead atoms. The Morgan fingerprint density at radius 1 is 1.75 bits per heavy atom. The van der Waals surface area contributed by atoms with Crippen LogP contribution in [0.1, 0.15) is 12.8 Å². The van der Waals surface area contributed by atoms with Gasteiger partial charge in [0, 0.05) is 13.6 Å². The molecule has 1 N–H and O–H groups in total. The molecule has 0 unspecified atom stereocenters. The summed E-state index contributed by atoms with van der Waals surface area (Å²) in [5.74, 6) is 0.112. The molecule has 16 heavy (non-hydrogen) atoms. The standard InChI is InChI=1S/C9H14N4O3/c1-12-6-8(13(14)15)9(11-12)16-7-3-2-4-10-5-7/h6-7,10H,2-5H2,1H3/t7-/m0/s1. The number of nitrogens with zero attached hydrogens (tertiary/aromatic N) is 3. The van der Waals surface area contributed by atoms with Crippen LogP contribution in [-0.2, 0) is 7.05 Å². The minimum Gasteiger partial charge on any atom is -0.467 e. The summed E-state index contributed by atoms with van der Waals surface area (Å²) >= 11 is 0. The zero-order valence-electron chi connectivity index (χ0n) is 9.05. The van der Waals surface area contributed by atoms with Crippen molar-refractivity contribution in [3.05, 3.63) is 16.3 Å². The van der Waals surface area contributed by atoms with Crippen LogP contribution in [0.5, 0.6) is 5.88 Å². The van der Waals surface area contributed by atoms with Crippen molar-refractivity contribution >= 4 is 5.69 Å². The zero-order valence-corrected chi connectivity index (χ0v) is 9.05. The van der Waals surface area contributed by atoms with Gasteiger partial charge in [0.05, 0.1) is 4.92 Å². The van der Waals surface area contributed by atoms with Crippen LogP contribution in [0.3, 0.4) is 0 Å². The third-order valence-corrected chi connectivity index (χ3v) is 2.50. The van der Waals surface area contributed by atoms with Gasteiger partial charge in [-0.25, -0.2) is 0 Å². The second kappa shape index (κ2) is 4.48. The molecular formula is C9H14N4O3. The first-order valence-electron chi connectivity index (χ1n) is 5.22. The van der Waals surface area contributed by atoms with Gasteiger partial charge in [-0.15, -0.1) is 5.10 Å². The van der Waals surface area contributed by atoms with Gasteiger partial charge in [-0.2, -0.15) is 0 Å². The van der Waals surface area contributed by atoms with Crippen molar-refractivity contribution in [2.45, 2.75) is 18.9 Å². The Labute approximate surface area is 92.5 Å². The van der Waals surface area contributed by atoms with Crippen molar-refractivity contribution in [2.24, 2.45) is 7.05 Å². The molecule has 1 aliphatic heterocycles. The Hall–Kier alpha value is -1.63. The molecule has 1 aliphatic rings. The smallest absolute Gasteiger partial charge is 0.350 e. The number of hydrogen-bond donors (Lipinski definition) is 1. The average Bonchev–Trinajstić information content (AvgIpc) is 2.61. The predicted octanol–water partition coefficient (Wildman–Crippen LogP) is 0.459. The molecule has 88 valence electrons. The second-order valence-corrected chi connectivity index (χ2v) is 3.84. The van der Waals surface area contributed by atoms with Crippen molar-refractivity contribution in [2.75, 3.05) is 13.1 Å². The number of nitrogens with one attached hydrogen (secondary N) is 1. The van der Waals surface area contributed by atoms with Crippen LogP contribution >= 0.6 is 0 Å². The molecule has 1 atom stereocenters. The van der Waals surface area contributed by atoms with Crippen LogP contribution in [0.25, 0.3) is 0 Å². The summed E-state index contributed by atoms with van der Waals surface area (Å²) in [6.45, 7) is 1.69. The summed E-state index contributed by atoms with van der Waals surface area (Å²) in [4.78, 5) is 10.3. The molecule has 0 aromatic carbocycles. The summed E-state index contributed by atoms with van der Waals surface area (Å²) < 4.78 is 6.93. The van der Waals surface area contributed by atoms with E-state index in [0.717, 1.165) is 19.4 Å². The van der Waals surface area contributed by atoms with Gasteiger partial charge in [-0.05, 0) is 19.4 Å². The van der Waals surface area contributed by atoms with Gasteiger partial charge in [0.25, 0.3) is 0 Å². The van der Waals surface area contributed by atoms with Crippen molar-refractivity contribution in [1.29, 1.82) is 0 Å². The normalized spacial score (nSPS) is 20.7. The van der Waals surface area contributed by atoms with Crippen LogP contribution in [0.4, 0.5) is 5.69 Å². The van der Waals surface area contributed by atoms with E-state index in [9.17, 15) is 10.1 Å². The Bertz CT molecular complexity index is 384. The predicted molar refractivity (Wildman–Crippen MR) is 56.4 cm³/mol. The quantitative estimate of drug-likeness (QED) is 0.598. The third kappa shape index (κ3) is 2.30. The monoisotopic (exact) mass is 226 g/mol. The molecule has 1 aromatic rings. The minimum absolute atomic E-state index is 0.0256. The molecule has 0 saturated carbocycles. The van der Waals surface area contributed by atoms with E-state index in [1.165, 1.54) is 10.9 Å². The molecule has 7 nitrogen and oxygen atoms in total. The van der Waals surface area contributed by atoms with Gasteiger partial charge < -0.3 is 10.1 Å². The Kier molecular flexibility index (Phi) is 3.04. The number of ether oxygens (including phenoxy) is 1. The van der Waals surface area contributed by atoms with E-state index < -0.39 is 4.92 Å². The van der Waals surface area contributed by atoms with E-state index in [2.05, 4.69) is 10.4 Å². The molecule has 7 heteroatoms. The lowest BCUT2D eigenvalue weighted by Gasteiger charge is -2.22. The second-order valence-electron chi connectivity index (χ2n) is 3.84. The van der Waals surface area contributed by atoms with Crippen molar-refractivity contribution in [3.63, 3.8) is 0 Å². The minimum atomic E-state index is -0.474. The Morgan fingerprint density at radius 3 is 3.19 bits per heavy atom. The van der Waals surface area contributed by atoms with Crippen molar-refractivity contribution < 1.29 is 9.66 Å². The molecule has 0 radical (unpaired) electrons. The van der Waals surface area contributed by atoms with Crippen LogP contribution in [-0.4, -0.2) is 33.9 Å². The lowest BCUT2D eigenvalue weighted by molar-refractivity contribution is -0.386. The molecule has 0 spiro atoms. The maximum absolute atomic E-state index is 10.7. The van der Waals surface area contributed by atoms with Crippen LogP contribution < -0.4 is 10.1 Å². The number of aryl methyl sites for hydroxylation is 1. The van der Waals surface area contributed by atoms with E-state index in [0.29, 0.717) is 6.54 Å². The van der Waals surface area contributed by atoms with Crippen LogP contribution in [0.2, 0.25) is 0 Å². The first-order chi connectivity index (χ1) is 7.66. The van der Waals surface area contributed by atoms with Gasteiger partial charge in [-0.1, -0.05) is 0 Å². The molecule has 2 heterocycles. The summed E-state index contributed by atoms with van der Waals surface area (Å²) in [6.07, 6.45) is 3.25. The lowest BCUT2D eigenvalue weighted by Crippen LogP contribution is -2.37. The highest BCUT2D eigenvalue weighted by Gasteiger charge is 2.24. The average molecular weight is 226 g/mol. The first-order valence-corrected chi connectivity index (χ1v) is 5.22. The van der Waals surface area contributed by atoms with E-state index in [1.807, 2.05) is 0 Å². The van der Waals surface area contributed by atoms with E-state index in [1.54, 1.807) is 7.05 Å². The van der Waals surface area contributed by atoms with Crippen molar-refractivity contribution in [1.82, 2.24) is 15.1 Å². The fraction of sp³-hybridized carbons (Fsp3) is 0.667.